The summed E-state index contributed by atoms with van der Waals surface area (Å²) in [5, 5.41) is 20.6. The molecule has 0 aliphatic heterocycles. The molecule has 0 heterocycles. The minimum Gasteiger partial charge on any atom is -0.508 e. The monoisotopic (exact) mass is 661 g/mol. The van der Waals surface area contributed by atoms with Crippen molar-refractivity contribution in [3.8, 4) is 5.75 Å². The molecule has 2 aromatic carbocycles. The Morgan fingerprint density at radius 3 is 1.61 bits per heavy atom. The van der Waals surface area contributed by atoms with E-state index in [1.807, 2.05) is 0 Å². The maximum Gasteiger partial charge on any atom is 0.460 e. The molecule has 0 aliphatic rings. The van der Waals surface area contributed by atoms with E-state index in [2.05, 4.69) is 5.32 Å². The molecule has 246 valence electrons. The quantitative estimate of drug-likeness (QED) is 0.201. The molecular weight excluding hydrogens is 641 g/mol. The summed E-state index contributed by atoms with van der Waals surface area (Å²) < 4.78 is 177. The van der Waals surface area contributed by atoms with E-state index in [4.69, 9.17) is 4.74 Å². The number of alkyl carbamates (subject to hydrolysis) is 1. The van der Waals surface area contributed by atoms with Crippen molar-refractivity contribution in [2.45, 2.75) is 67.7 Å². The fraction of sp³-hybridized carbons (Fsp3) is 0.440. The van der Waals surface area contributed by atoms with E-state index in [0.29, 0.717) is 5.56 Å². The van der Waals surface area contributed by atoms with Crippen LogP contribution in [-0.4, -0.2) is 64.1 Å². The summed E-state index contributed by atoms with van der Waals surface area (Å²) in [6.07, 6.45) is -12.6. The number of hydrogen-bond acceptors (Lipinski definition) is 4. The molecule has 0 spiro atoms. The van der Waals surface area contributed by atoms with Gasteiger partial charge in [0.05, 0.1) is 0 Å². The number of aliphatic carboxylic acids is 1. The number of hydrogen-bond donors (Lipinski definition) is 3. The number of carbonyl (C=O) groups is 2. The number of phenolic OH excluding ortho intramolecular Hbond substituents is 1. The average Bonchev–Trinajstić information content (AvgIpc) is 2.91. The van der Waals surface area contributed by atoms with Crippen molar-refractivity contribution in [3.05, 3.63) is 65.2 Å². The summed E-state index contributed by atoms with van der Waals surface area (Å²) in [4.78, 5) is 23.4. The molecule has 0 bridgehead atoms. The van der Waals surface area contributed by atoms with Gasteiger partial charge in [-0.25, -0.2) is 9.59 Å². The van der Waals surface area contributed by atoms with Crippen LogP contribution in [0.2, 0.25) is 0 Å². The Labute approximate surface area is 238 Å². The first-order valence-corrected chi connectivity index (χ1v) is 11.8. The van der Waals surface area contributed by atoms with Gasteiger partial charge in [0.15, 0.2) is 0 Å². The maximum absolute atomic E-state index is 14.0. The summed E-state index contributed by atoms with van der Waals surface area (Å²) in [7, 11) is 0. The molecule has 1 atom stereocenters. The first-order chi connectivity index (χ1) is 19.9. The van der Waals surface area contributed by atoms with Crippen molar-refractivity contribution < 1.29 is 81.6 Å². The molecule has 0 fully saturated rings. The highest BCUT2D eigenvalue weighted by Crippen LogP contribution is 2.60. The first kappa shape index (κ1) is 36.3. The number of alkyl halides is 13. The van der Waals surface area contributed by atoms with Crippen molar-refractivity contribution >= 4 is 12.1 Å². The second-order valence-corrected chi connectivity index (χ2v) is 9.30. The van der Waals surface area contributed by atoms with Crippen LogP contribution < -0.4 is 5.32 Å². The smallest absolute Gasteiger partial charge is 0.460 e. The highest BCUT2D eigenvalue weighted by molar-refractivity contribution is 5.80. The van der Waals surface area contributed by atoms with Crippen LogP contribution in [-0.2, 0) is 29.0 Å². The van der Waals surface area contributed by atoms with Crippen molar-refractivity contribution in [3.63, 3.8) is 0 Å². The molecule has 0 aliphatic carbocycles. The standard InChI is InChI=1S/C25H20F13NO5/c26-20(27,21(28,29)22(30,31)23(32,33)24(34,35)25(36,37)38)10-9-13-1-3-15(4-2-13)12-44-19(43)39-17(18(41)42)11-14-5-7-16(40)8-6-14/h1-8,17,40H,9-12H2,(H,39,43)(H,41,42)/t17-/m1/s1. The van der Waals surface area contributed by atoms with Gasteiger partial charge < -0.3 is 20.3 Å². The number of ether oxygens (including phenoxy) is 1. The summed E-state index contributed by atoms with van der Waals surface area (Å²) in [6.45, 7) is -0.569. The Kier molecular flexibility index (Phi) is 10.4. The normalized spacial score (nSPS) is 14.2. The molecule has 44 heavy (non-hydrogen) atoms. The molecule has 0 unspecified atom stereocenters. The lowest BCUT2D eigenvalue weighted by molar-refractivity contribution is -0.440. The number of aromatic hydroxyl groups is 1. The third-order valence-corrected chi connectivity index (χ3v) is 6.09. The van der Waals surface area contributed by atoms with Crippen LogP contribution in [0.5, 0.6) is 5.75 Å². The third kappa shape index (κ3) is 7.40. The van der Waals surface area contributed by atoms with Crippen LogP contribution in [0.1, 0.15) is 23.1 Å². The van der Waals surface area contributed by atoms with E-state index in [1.54, 1.807) is 0 Å². The van der Waals surface area contributed by atoms with Crippen LogP contribution in [0.25, 0.3) is 0 Å². The number of rotatable bonds is 13. The van der Waals surface area contributed by atoms with E-state index in [-0.39, 0.29) is 23.3 Å². The number of aryl methyl sites for hydroxylation is 1. The van der Waals surface area contributed by atoms with E-state index in [1.165, 1.54) is 24.3 Å². The van der Waals surface area contributed by atoms with Gasteiger partial charge in [0, 0.05) is 12.8 Å². The summed E-state index contributed by atoms with van der Waals surface area (Å²) >= 11 is 0. The van der Waals surface area contributed by atoms with Gasteiger partial charge in [0.2, 0.25) is 0 Å². The van der Waals surface area contributed by atoms with Gasteiger partial charge in [0.25, 0.3) is 0 Å². The molecule has 0 saturated carbocycles. The van der Waals surface area contributed by atoms with Gasteiger partial charge in [-0.3, -0.25) is 0 Å². The minimum atomic E-state index is -7.96. The van der Waals surface area contributed by atoms with E-state index >= 15 is 0 Å². The molecule has 0 radical (unpaired) electrons. The Morgan fingerprint density at radius 1 is 0.682 bits per heavy atom. The Balaban J connectivity index is 2.02. The lowest BCUT2D eigenvalue weighted by Gasteiger charge is -2.39. The minimum absolute atomic E-state index is 0.0898. The van der Waals surface area contributed by atoms with Crippen LogP contribution in [0, 0.1) is 0 Å². The predicted molar refractivity (Wildman–Crippen MR) is 122 cm³/mol. The summed E-state index contributed by atoms with van der Waals surface area (Å²) in [5.74, 6) is -38.7. The highest BCUT2D eigenvalue weighted by Gasteiger charge is 2.90. The number of phenols is 1. The van der Waals surface area contributed by atoms with Gasteiger partial charge in [-0.1, -0.05) is 36.4 Å². The van der Waals surface area contributed by atoms with E-state index < -0.39 is 73.3 Å². The van der Waals surface area contributed by atoms with Crippen molar-refractivity contribution in [2.24, 2.45) is 0 Å². The number of carboxylic acids is 1. The van der Waals surface area contributed by atoms with Gasteiger partial charge in [0.1, 0.15) is 18.4 Å². The molecule has 2 aromatic rings. The molecule has 3 N–H and O–H groups in total. The van der Waals surface area contributed by atoms with Crippen LogP contribution in [0.4, 0.5) is 61.9 Å². The number of nitrogens with one attached hydrogen (secondary N) is 1. The highest BCUT2D eigenvalue weighted by atomic mass is 19.4. The predicted octanol–water partition coefficient (Wildman–Crippen LogP) is 6.99. The van der Waals surface area contributed by atoms with Gasteiger partial charge in [-0.05, 0) is 35.2 Å². The fourth-order valence-corrected chi connectivity index (χ4v) is 3.46. The van der Waals surface area contributed by atoms with Crippen molar-refractivity contribution in [1.82, 2.24) is 5.32 Å². The Hall–Kier alpha value is -3.93. The molecular formula is C25H20F13NO5. The molecule has 19 heteroatoms. The zero-order valence-corrected chi connectivity index (χ0v) is 21.6. The van der Waals surface area contributed by atoms with Gasteiger partial charge in [-0.2, -0.15) is 57.1 Å². The number of halogens is 13. The largest absolute Gasteiger partial charge is 0.508 e. The van der Waals surface area contributed by atoms with Crippen molar-refractivity contribution in [2.75, 3.05) is 0 Å². The number of benzene rings is 2. The Morgan fingerprint density at radius 2 is 1.14 bits per heavy atom. The number of amides is 1. The molecule has 1 amide bonds. The Bertz CT molecular complexity index is 1300. The van der Waals surface area contributed by atoms with Crippen LogP contribution >= 0.6 is 0 Å². The fourth-order valence-electron chi connectivity index (χ4n) is 3.46. The van der Waals surface area contributed by atoms with E-state index in [0.717, 1.165) is 24.3 Å². The number of carbonyl (C=O) groups excluding carboxylic acids is 1. The molecule has 2 rings (SSSR count). The molecule has 0 saturated heterocycles. The van der Waals surface area contributed by atoms with Crippen LogP contribution in [0.3, 0.4) is 0 Å². The van der Waals surface area contributed by atoms with Gasteiger partial charge in [-0.15, -0.1) is 0 Å². The lowest BCUT2D eigenvalue weighted by Crippen LogP contribution is -2.70. The lowest BCUT2D eigenvalue weighted by atomic mass is 9.91. The zero-order chi connectivity index (χ0) is 33.9. The van der Waals surface area contributed by atoms with E-state index in [9.17, 15) is 76.9 Å². The molecule has 0 aromatic heterocycles. The van der Waals surface area contributed by atoms with Crippen LogP contribution in [0.15, 0.2) is 48.5 Å². The summed E-state index contributed by atoms with van der Waals surface area (Å²) in [6, 6.07) is 7.75. The maximum atomic E-state index is 14.0. The topological polar surface area (TPSA) is 95.9 Å². The number of carboxylic acid groups (broad SMARTS) is 1. The summed E-state index contributed by atoms with van der Waals surface area (Å²) in [5.41, 5.74) is 0.169. The zero-order valence-electron chi connectivity index (χ0n) is 21.6. The second kappa shape index (κ2) is 12.6. The SMILES string of the molecule is O=C(N[C@H](Cc1ccc(O)cc1)C(=O)O)OCc1ccc(CCC(F)(F)C(F)(F)C(F)(F)C(F)(F)C(F)(F)C(F)(F)F)cc1. The van der Waals surface area contributed by atoms with Crippen molar-refractivity contribution in [1.29, 1.82) is 0 Å². The van der Waals surface area contributed by atoms with Gasteiger partial charge >= 0.3 is 47.9 Å². The third-order valence-electron chi connectivity index (χ3n) is 6.09. The first-order valence-electron chi connectivity index (χ1n) is 11.8. The average molecular weight is 661 g/mol. The molecule has 6 nitrogen and oxygen atoms in total. The second-order valence-electron chi connectivity index (χ2n) is 9.30.